The Morgan fingerprint density at radius 1 is 0.705 bits per heavy atom. The maximum Gasteiger partial charge on any atom is 0.328 e. The predicted molar refractivity (Wildman–Crippen MR) is 160 cm³/mol. The number of aliphatic carboxylic acids is 4. The number of ketones is 1. The van der Waals surface area contributed by atoms with E-state index in [0.717, 1.165) is 18.8 Å². The highest BCUT2D eigenvalue weighted by Crippen LogP contribution is 2.22. The van der Waals surface area contributed by atoms with E-state index in [1.165, 1.54) is 0 Å². The topological polar surface area (TPSA) is 204 Å². The summed E-state index contributed by atoms with van der Waals surface area (Å²) in [7, 11) is 7.98. The van der Waals surface area contributed by atoms with E-state index in [-0.39, 0.29) is 18.0 Å². The van der Waals surface area contributed by atoms with E-state index in [1.54, 1.807) is 30.5 Å². The Labute approximate surface area is 255 Å². The van der Waals surface area contributed by atoms with Crippen LogP contribution in [0.1, 0.15) is 29.8 Å². The lowest BCUT2D eigenvalue weighted by molar-refractivity contribution is -0.134. The average molecular weight is 618 g/mol. The second-order valence-corrected chi connectivity index (χ2v) is 9.61. The molecule has 0 saturated heterocycles. The van der Waals surface area contributed by atoms with Gasteiger partial charge in [0.2, 0.25) is 5.88 Å². The maximum absolute atomic E-state index is 13.0. The molecule has 1 heterocycles. The second-order valence-electron chi connectivity index (χ2n) is 9.61. The van der Waals surface area contributed by atoms with Gasteiger partial charge in [-0.15, -0.1) is 0 Å². The number of ether oxygens (including phenoxy) is 2. The van der Waals surface area contributed by atoms with Crippen LogP contribution in [0.15, 0.2) is 66.9 Å². The number of benzene rings is 1. The van der Waals surface area contributed by atoms with Crippen molar-refractivity contribution in [3.05, 3.63) is 78.0 Å². The molecule has 0 spiro atoms. The summed E-state index contributed by atoms with van der Waals surface area (Å²) in [5.41, 5.74) is 1.04. The van der Waals surface area contributed by atoms with Crippen molar-refractivity contribution >= 4 is 29.7 Å². The first-order chi connectivity index (χ1) is 20.5. The van der Waals surface area contributed by atoms with E-state index in [4.69, 9.17) is 29.9 Å². The summed E-state index contributed by atoms with van der Waals surface area (Å²) in [6, 6.07) is 10.7. The second kappa shape index (κ2) is 20.7. The Hall–Kier alpha value is -5.08. The zero-order valence-corrected chi connectivity index (χ0v) is 25.4. The number of hydrogen-bond donors (Lipinski definition) is 4. The molecule has 4 N–H and O–H groups in total. The molecule has 2 unspecified atom stereocenters. The average Bonchev–Trinajstić information content (AvgIpc) is 2.91. The first-order valence-electron chi connectivity index (χ1n) is 13.0. The van der Waals surface area contributed by atoms with Gasteiger partial charge in [-0.3, -0.25) is 4.79 Å². The monoisotopic (exact) mass is 617 g/mol. The highest BCUT2D eigenvalue weighted by atomic mass is 16.5. The van der Waals surface area contributed by atoms with Gasteiger partial charge in [0.15, 0.2) is 5.78 Å². The number of aromatic nitrogens is 1. The van der Waals surface area contributed by atoms with Crippen LogP contribution in [-0.4, -0.2) is 118 Å². The molecule has 0 aliphatic rings. The summed E-state index contributed by atoms with van der Waals surface area (Å²) in [6.45, 7) is 5.54. The fourth-order valence-corrected chi connectivity index (χ4v) is 3.31. The summed E-state index contributed by atoms with van der Waals surface area (Å²) in [4.78, 5) is 59.6. The number of likely N-dealkylation sites (N-methyl/N-ethyl adjacent to an activating group) is 2. The van der Waals surface area contributed by atoms with Gasteiger partial charge in [0, 0.05) is 49.2 Å². The highest BCUT2D eigenvalue weighted by molar-refractivity contribution is 6.10. The molecule has 14 heteroatoms. The number of nitrogens with zero attached hydrogens (tertiary/aromatic N) is 3. The molecule has 2 aromatic rings. The number of rotatable bonds is 14. The van der Waals surface area contributed by atoms with Crippen LogP contribution in [0.4, 0.5) is 0 Å². The molecule has 0 fully saturated rings. The van der Waals surface area contributed by atoms with Gasteiger partial charge in [0.1, 0.15) is 18.0 Å². The molecule has 44 heavy (non-hydrogen) atoms. The zero-order chi connectivity index (χ0) is 33.8. The van der Waals surface area contributed by atoms with Gasteiger partial charge in [-0.25, -0.2) is 24.2 Å². The third-order valence-corrected chi connectivity index (χ3v) is 4.76. The fraction of sp³-hybridized carbons (Fsp3) is 0.333. The number of carboxylic acids is 4. The fourth-order valence-electron chi connectivity index (χ4n) is 3.31. The summed E-state index contributed by atoms with van der Waals surface area (Å²) in [5.74, 6) is -4.04. The summed E-state index contributed by atoms with van der Waals surface area (Å²) >= 11 is 0. The smallest absolute Gasteiger partial charge is 0.328 e. The first kappa shape index (κ1) is 38.9. The van der Waals surface area contributed by atoms with Crippen LogP contribution in [-0.2, 0) is 19.2 Å². The zero-order valence-electron chi connectivity index (χ0n) is 25.4. The molecule has 1 aromatic carbocycles. The predicted octanol–water partition coefficient (Wildman–Crippen LogP) is 2.39. The van der Waals surface area contributed by atoms with Crippen LogP contribution >= 0.6 is 0 Å². The number of carbonyl (C=O) groups excluding carboxylic acids is 1. The first-order valence-corrected chi connectivity index (χ1v) is 13.0. The molecule has 0 amide bonds. The van der Waals surface area contributed by atoms with Gasteiger partial charge in [-0.05, 0) is 78.4 Å². The largest absolute Gasteiger partial charge is 0.489 e. The van der Waals surface area contributed by atoms with Crippen LogP contribution in [0.25, 0.3) is 0 Å². The van der Waals surface area contributed by atoms with Crippen LogP contribution in [0, 0.1) is 0 Å². The summed E-state index contributed by atoms with van der Waals surface area (Å²) in [6.07, 6.45) is 3.85. The van der Waals surface area contributed by atoms with Crippen LogP contribution in [0.5, 0.6) is 11.6 Å². The van der Waals surface area contributed by atoms with Crippen molar-refractivity contribution in [3.63, 3.8) is 0 Å². The molecular weight excluding hydrogens is 578 g/mol. The van der Waals surface area contributed by atoms with E-state index in [2.05, 4.69) is 9.88 Å². The summed E-state index contributed by atoms with van der Waals surface area (Å²) in [5, 5.41) is 31.2. The molecule has 1 aromatic heterocycles. The Bertz CT molecular complexity index is 1220. The lowest BCUT2D eigenvalue weighted by Gasteiger charge is -2.19. The molecule has 0 bridgehead atoms. The van der Waals surface area contributed by atoms with Crippen molar-refractivity contribution in [2.45, 2.75) is 26.1 Å². The molecule has 2 rings (SSSR count). The Balaban J connectivity index is 0.000000947. The summed E-state index contributed by atoms with van der Waals surface area (Å²) < 4.78 is 11.8. The number of pyridine rings is 1. The number of carboxylic acid groups (broad SMARTS) is 4. The lowest BCUT2D eigenvalue weighted by atomic mass is 10.0. The van der Waals surface area contributed by atoms with Gasteiger partial charge < -0.3 is 39.7 Å². The molecule has 2 atom stereocenters. The minimum absolute atomic E-state index is 0.0630. The van der Waals surface area contributed by atoms with E-state index < -0.39 is 23.9 Å². The van der Waals surface area contributed by atoms with Crippen LogP contribution in [0.2, 0.25) is 0 Å². The Morgan fingerprint density at radius 2 is 1.11 bits per heavy atom. The van der Waals surface area contributed by atoms with Crippen LogP contribution in [0.3, 0.4) is 0 Å². The third-order valence-electron chi connectivity index (χ3n) is 4.76. The van der Waals surface area contributed by atoms with Gasteiger partial charge in [0.25, 0.3) is 0 Å². The lowest BCUT2D eigenvalue weighted by Crippen LogP contribution is -2.28. The van der Waals surface area contributed by atoms with Crippen molar-refractivity contribution in [1.29, 1.82) is 0 Å². The van der Waals surface area contributed by atoms with Crippen molar-refractivity contribution in [1.82, 2.24) is 14.8 Å². The normalized spacial score (nSPS) is 12.0. The third kappa shape index (κ3) is 19.1. The SMILES string of the molecule is CC(CN(C)C)Oc1ccc(C(=O)c2cccnc2OC(C)CN(C)C)cc1.O=C(O)/C=C/C(=O)O.O=C(O)/C=C/C(=O)O. The van der Waals surface area contributed by atoms with Crippen molar-refractivity contribution in [2.75, 3.05) is 41.3 Å². The van der Waals surface area contributed by atoms with E-state index in [9.17, 15) is 24.0 Å². The van der Waals surface area contributed by atoms with Crippen LogP contribution < -0.4 is 9.47 Å². The van der Waals surface area contributed by atoms with Gasteiger partial charge in [0.05, 0.1) is 5.56 Å². The quantitative estimate of drug-likeness (QED) is 0.178. The molecule has 0 radical (unpaired) electrons. The van der Waals surface area contributed by atoms with E-state index in [1.807, 2.05) is 59.1 Å². The van der Waals surface area contributed by atoms with Crippen molar-refractivity contribution < 1.29 is 53.9 Å². The molecule has 0 aliphatic carbocycles. The van der Waals surface area contributed by atoms with E-state index in [0.29, 0.717) is 41.3 Å². The molecule has 0 aliphatic heterocycles. The standard InChI is InChI=1S/C22H31N3O3.2C4H4O4/c1-16(14-24(3)4)27-19-11-9-18(10-12-19)21(26)20-8-7-13-23-22(20)28-17(2)15-25(5)6;2*5-3(6)1-2-4(7)8/h7-13,16-17H,14-15H2,1-6H3;2*1-2H,(H,5,6)(H,7,8)/b;2*2-1+. The maximum atomic E-state index is 13.0. The highest BCUT2D eigenvalue weighted by Gasteiger charge is 2.18. The van der Waals surface area contributed by atoms with E-state index >= 15 is 0 Å². The molecule has 14 nitrogen and oxygen atoms in total. The van der Waals surface area contributed by atoms with Crippen molar-refractivity contribution in [3.8, 4) is 11.6 Å². The minimum atomic E-state index is -1.26. The number of hydrogen-bond acceptors (Lipinski definition) is 10. The van der Waals surface area contributed by atoms with Gasteiger partial charge in [-0.1, -0.05) is 0 Å². The minimum Gasteiger partial charge on any atom is -0.489 e. The Kier molecular flexibility index (Phi) is 18.3. The number of carbonyl (C=O) groups is 5. The molecule has 0 saturated carbocycles. The molecular formula is C30H39N3O11. The van der Waals surface area contributed by atoms with Crippen molar-refractivity contribution in [2.24, 2.45) is 0 Å². The molecule has 240 valence electrons. The van der Waals surface area contributed by atoms with Gasteiger partial charge >= 0.3 is 23.9 Å². The Morgan fingerprint density at radius 3 is 1.50 bits per heavy atom. The van der Waals surface area contributed by atoms with Gasteiger partial charge in [-0.2, -0.15) is 0 Å².